The van der Waals surface area contributed by atoms with Crippen molar-refractivity contribution in [3.63, 3.8) is 0 Å². The van der Waals surface area contributed by atoms with E-state index in [1.165, 1.54) is 6.20 Å². The molecule has 1 amide bonds. The highest BCUT2D eigenvalue weighted by atomic mass is 16.1. The topological polar surface area (TPSA) is 147 Å². The van der Waals surface area contributed by atoms with Gasteiger partial charge >= 0.3 is 0 Å². The van der Waals surface area contributed by atoms with Crippen molar-refractivity contribution < 1.29 is 4.79 Å². The van der Waals surface area contributed by atoms with E-state index in [0.29, 0.717) is 11.4 Å². The van der Waals surface area contributed by atoms with Gasteiger partial charge in [-0.15, -0.1) is 0 Å². The highest BCUT2D eigenvalue weighted by Gasteiger charge is 2.28. The van der Waals surface area contributed by atoms with Gasteiger partial charge in [-0.1, -0.05) is 25.0 Å². The number of rotatable bonds is 5. The molecule has 2 heterocycles. The number of carbonyl (C=O) groups is 1. The van der Waals surface area contributed by atoms with Crippen LogP contribution in [-0.2, 0) is 0 Å². The van der Waals surface area contributed by atoms with Crippen molar-refractivity contribution >= 4 is 34.0 Å². The summed E-state index contributed by atoms with van der Waals surface area (Å²) in [5.41, 5.74) is 15.3. The molecular formula is C21H25N7O. The van der Waals surface area contributed by atoms with Crippen molar-refractivity contribution in [1.82, 2.24) is 15.0 Å². The van der Waals surface area contributed by atoms with Crippen LogP contribution in [0.1, 0.15) is 47.4 Å². The molecule has 4 rings (SSSR count). The lowest BCUT2D eigenvalue weighted by Gasteiger charge is -2.28. The molecular weight excluding hydrogens is 366 g/mol. The minimum absolute atomic E-state index is 0.0368. The van der Waals surface area contributed by atoms with E-state index in [4.69, 9.17) is 16.9 Å². The number of nitrogens with zero attached hydrogens (tertiary/aromatic N) is 2. The van der Waals surface area contributed by atoms with Crippen LogP contribution in [0.4, 0.5) is 11.5 Å². The van der Waals surface area contributed by atoms with Crippen LogP contribution in [-0.4, -0.2) is 32.6 Å². The first-order valence-corrected chi connectivity index (χ1v) is 9.80. The second-order valence-corrected chi connectivity index (χ2v) is 7.61. The molecule has 7 N–H and O–H groups in total. The van der Waals surface area contributed by atoms with Gasteiger partial charge in [0, 0.05) is 23.5 Å². The van der Waals surface area contributed by atoms with Gasteiger partial charge < -0.3 is 27.2 Å². The summed E-state index contributed by atoms with van der Waals surface area (Å²) in [5, 5.41) is 12.9. The fraction of sp³-hybridized carbons (Fsp3) is 0.333. The van der Waals surface area contributed by atoms with E-state index in [9.17, 15) is 4.79 Å². The van der Waals surface area contributed by atoms with Crippen LogP contribution in [0.5, 0.6) is 0 Å². The smallest absolute Gasteiger partial charge is 0.271 e. The standard InChI is InChI=1S/C21H25N7O/c1-11-9-25-18-12(11)6-4-8-15(18)27-21-19(20(24)29)26-10-16(28-21)17(23)13-5-2-3-7-14(13)22/h4,6,8-10,13-14,23,25H,2-3,5,7,22H2,1H3,(H2,24,29)(H,27,28). The molecule has 1 fully saturated rings. The van der Waals surface area contributed by atoms with Gasteiger partial charge in [0.1, 0.15) is 5.69 Å². The molecule has 2 aromatic heterocycles. The van der Waals surface area contributed by atoms with Crippen LogP contribution in [0, 0.1) is 18.3 Å². The summed E-state index contributed by atoms with van der Waals surface area (Å²) < 4.78 is 0. The lowest BCUT2D eigenvalue weighted by molar-refractivity contribution is 0.0996. The SMILES string of the molecule is Cc1c[nH]c2c(Nc3nc(C(=N)C4CCCCC4N)cnc3C(N)=O)cccc12. The first-order valence-electron chi connectivity index (χ1n) is 9.80. The van der Waals surface area contributed by atoms with Crippen molar-refractivity contribution in [2.75, 3.05) is 5.32 Å². The molecule has 29 heavy (non-hydrogen) atoms. The lowest BCUT2D eigenvalue weighted by Crippen LogP contribution is -2.38. The summed E-state index contributed by atoms with van der Waals surface area (Å²) in [6, 6.07) is 5.78. The summed E-state index contributed by atoms with van der Waals surface area (Å²) in [6.45, 7) is 2.02. The number of H-pyrrole nitrogens is 1. The largest absolute Gasteiger partial charge is 0.364 e. The van der Waals surface area contributed by atoms with Gasteiger partial charge in [0.2, 0.25) is 0 Å². The summed E-state index contributed by atoms with van der Waals surface area (Å²) in [7, 11) is 0. The molecule has 150 valence electrons. The first-order chi connectivity index (χ1) is 14.0. The van der Waals surface area contributed by atoms with Crippen LogP contribution >= 0.6 is 0 Å². The van der Waals surface area contributed by atoms with E-state index in [-0.39, 0.29) is 23.5 Å². The minimum atomic E-state index is -0.678. The number of benzene rings is 1. The molecule has 0 spiro atoms. The van der Waals surface area contributed by atoms with Crippen molar-refractivity contribution in [1.29, 1.82) is 5.41 Å². The quantitative estimate of drug-likeness (QED) is 0.424. The summed E-state index contributed by atoms with van der Waals surface area (Å²) in [6.07, 6.45) is 7.26. The maximum atomic E-state index is 11.9. The summed E-state index contributed by atoms with van der Waals surface area (Å²) in [4.78, 5) is 23.9. The number of hydrogen-bond acceptors (Lipinski definition) is 6. The molecule has 0 bridgehead atoms. The fourth-order valence-corrected chi connectivity index (χ4v) is 4.02. The Kier molecular flexibility index (Phi) is 5.02. The van der Waals surface area contributed by atoms with Crippen molar-refractivity contribution in [3.8, 4) is 0 Å². The van der Waals surface area contributed by atoms with Crippen LogP contribution in [0.15, 0.2) is 30.6 Å². The van der Waals surface area contributed by atoms with Gasteiger partial charge in [-0.25, -0.2) is 9.97 Å². The van der Waals surface area contributed by atoms with Crippen LogP contribution in [0.2, 0.25) is 0 Å². The Bertz CT molecular complexity index is 1090. The van der Waals surface area contributed by atoms with E-state index in [1.54, 1.807) is 0 Å². The van der Waals surface area contributed by atoms with Gasteiger partial charge in [-0.2, -0.15) is 0 Å². The molecule has 0 aliphatic heterocycles. The van der Waals surface area contributed by atoms with Crippen molar-refractivity contribution in [3.05, 3.63) is 47.5 Å². The number of aromatic nitrogens is 3. The molecule has 2 atom stereocenters. The maximum absolute atomic E-state index is 11.9. The molecule has 1 aromatic carbocycles. The maximum Gasteiger partial charge on any atom is 0.271 e. The molecule has 1 saturated carbocycles. The van der Waals surface area contributed by atoms with Gasteiger partial charge in [0.25, 0.3) is 5.91 Å². The molecule has 0 saturated heterocycles. The van der Waals surface area contributed by atoms with Crippen LogP contribution < -0.4 is 16.8 Å². The van der Waals surface area contributed by atoms with E-state index in [2.05, 4.69) is 20.3 Å². The second kappa shape index (κ2) is 7.63. The second-order valence-electron chi connectivity index (χ2n) is 7.61. The van der Waals surface area contributed by atoms with Crippen molar-refractivity contribution in [2.45, 2.75) is 38.6 Å². The van der Waals surface area contributed by atoms with E-state index >= 15 is 0 Å². The Morgan fingerprint density at radius 3 is 2.86 bits per heavy atom. The Morgan fingerprint density at radius 1 is 1.31 bits per heavy atom. The fourth-order valence-electron chi connectivity index (χ4n) is 4.02. The highest BCUT2D eigenvalue weighted by molar-refractivity contribution is 6.02. The van der Waals surface area contributed by atoms with Crippen LogP contribution in [0.3, 0.4) is 0 Å². The highest BCUT2D eigenvalue weighted by Crippen LogP contribution is 2.29. The molecule has 3 aromatic rings. The number of nitrogens with one attached hydrogen (secondary N) is 3. The van der Waals surface area contributed by atoms with Gasteiger partial charge in [-0.05, 0) is 31.4 Å². The number of nitrogens with two attached hydrogens (primary N) is 2. The third-order valence-corrected chi connectivity index (χ3v) is 5.65. The Hall–Kier alpha value is -3.26. The average molecular weight is 391 g/mol. The van der Waals surface area contributed by atoms with Gasteiger partial charge in [-0.3, -0.25) is 4.79 Å². The Morgan fingerprint density at radius 2 is 2.10 bits per heavy atom. The lowest BCUT2D eigenvalue weighted by atomic mass is 9.81. The van der Waals surface area contributed by atoms with Gasteiger partial charge in [0.05, 0.1) is 23.1 Å². The first kappa shape index (κ1) is 19.1. The molecule has 8 heteroatoms. The molecule has 8 nitrogen and oxygen atoms in total. The zero-order valence-electron chi connectivity index (χ0n) is 16.3. The monoisotopic (exact) mass is 391 g/mol. The number of aromatic amines is 1. The zero-order chi connectivity index (χ0) is 20.5. The minimum Gasteiger partial charge on any atom is -0.364 e. The number of anilines is 2. The average Bonchev–Trinajstić information content (AvgIpc) is 3.10. The van der Waals surface area contributed by atoms with Crippen LogP contribution in [0.25, 0.3) is 10.9 Å². The summed E-state index contributed by atoms with van der Waals surface area (Å²) in [5.74, 6) is -0.494. The molecule has 1 aliphatic carbocycles. The summed E-state index contributed by atoms with van der Waals surface area (Å²) >= 11 is 0. The molecule has 1 aliphatic rings. The number of aryl methyl sites for hydroxylation is 1. The van der Waals surface area contributed by atoms with E-state index in [0.717, 1.165) is 47.8 Å². The van der Waals surface area contributed by atoms with E-state index < -0.39 is 5.91 Å². The number of hydrogen-bond donors (Lipinski definition) is 5. The zero-order valence-corrected chi connectivity index (χ0v) is 16.3. The third kappa shape index (κ3) is 3.58. The normalized spacial score (nSPS) is 19.2. The van der Waals surface area contributed by atoms with Gasteiger partial charge in [0.15, 0.2) is 11.5 Å². The Balaban J connectivity index is 1.72. The predicted octanol–water partition coefficient (Wildman–Crippen LogP) is 2.99. The van der Waals surface area contributed by atoms with Crippen molar-refractivity contribution in [2.24, 2.45) is 17.4 Å². The number of fused-ring (bicyclic) bond motifs is 1. The number of primary amides is 1. The number of amides is 1. The predicted molar refractivity (Wildman–Crippen MR) is 114 cm³/mol. The number of para-hydroxylation sites is 1. The Labute approximate surface area is 168 Å². The molecule has 0 radical (unpaired) electrons. The molecule has 2 unspecified atom stereocenters. The number of carbonyl (C=O) groups excluding carboxylic acids is 1. The van der Waals surface area contributed by atoms with E-state index in [1.807, 2.05) is 31.3 Å². The third-order valence-electron chi connectivity index (χ3n) is 5.65.